The van der Waals surface area contributed by atoms with E-state index in [9.17, 15) is 0 Å². The van der Waals surface area contributed by atoms with Crippen LogP contribution in [-0.2, 0) is 0 Å². The largest absolute Gasteiger partial charge is 0.379 e. The molecule has 0 amide bonds. The number of hydrogen-bond acceptors (Lipinski definition) is 24. The highest BCUT2D eigenvalue weighted by molar-refractivity contribution is 8.78. The monoisotopic (exact) mass is 2360 g/mol. The molecule has 0 spiro atoms. The van der Waals surface area contributed by atoms with Crippen LogP contribution in [0, 0.1) is 0 Å². The molecule has 0 unspecified atom stereocenters. The lowest BCUT2D eigenvalue weighted by Gasteiger charge is -2.09. The number of thiocarbonyl (C=S) groups is 12. The number of rotatable bonds is 98. The van der Waals surface area contributed by atoms with E-state index in [0.717, 1.165) is 214 Å². The van der Waals surface area contributed by atoms with Crippen LogP contribution in [-0.4, -0.2) is 195 Å². The van der Waals surface area contributed by atoms with E-state index >= 15 is 0 Å². The van der Waals surface area contributed by atoms with Crippen LogP contribution >= 0.6 is 276 Å². The number of hydrogen-bond donors (Lipinski definition) is 10. The molecule has 0 aromatic heterocycles. The zero-order chi connectivity index (χ0) is 103. The van der Waals surface area contributed by atoms with Gasteiger partial charge in [-0.25, -0.2) is 0 Å². The zero-order valence-corrected chi connectivity index (χ0v) is 109. The van der Waals surface area contributed by atoms with Gasteiger partial charge in [-0.05, 0) is 259 Å². The van der Waals surface area contributed by atoms with E-state index < -0.39 is 0 Å². The highest BCUT2D eigenvalue weighted by Crippen LogP contribution is 2.28. The maximum absolute atomic E-state index is 5.55. The highest BCUT2D eigenvalue weighted by Gasteiger charge is 2.08. The molecule has 0 aliphatic rings. The van der Waals surface area contributed by atoms with Crippen LogP contribution in [0.3, 0.4) is 0 Å². The van der Waals surface area contributed by atoms with Crippen molar-refractivity contribution in [2.45, 2.75) is 455 Å². The highest BCUT2D eigenvalue weighted by atomic mass is 33.1. The van der Waals surface area contributed by atoms with Gasteiger partial charge in [-0.15, -0.1) is 0 Å². The summed E-state index contributed by atoms with van der Waals surface area (Å²) in [6, 6.07) is 0. The summed E-state index contributed by atoms with van der Waals surface area (Å²) in [5.41, 5.74) is 0. The van der Waals surface area contributed by atoms with Gasteiger partial charge in [-0.1, -0.05) is 501 Å². The fourth-order valence-corrected chi connectivity index (χ4v) is 27.3. The Morgan fingerprint density at radius 2 is 0.333 bits per heavy atom. The second kappa shape index (κ2) is 136. The molecule has 0 saturated heterocycles. The van der Waals surface area contributed by atoms with Gasteiger partial charge in [0.2, 0.25) is 0 Å². The normalized spacial score (nSPS) is 10.6. The maximum Gasteiger partial charge on any atom is 0.166 e. The molecule has 0 rings (SSSR count). The second-order valence-electron chi connectivity index (χ2n) is 34.2. The molecule has 816 valence electrons. The lowest BCUT2D eigenvalue weighted by atomic mass is 10.0. The molecule has 0 aliphatic carbocycles. The SMILES string of the molecule is CCC(=S)CCCSSCCNC(=S)NC.CCCCCC(=S)CCCSSCCNC(=S)NCCCC.CCCCCCCCC(=S)NCCSSCCCC(=S)CC.CCCCCCCCCC(=S)CCCSSCCNC(=S)NCC.CCCCCCCCCCCCC(=S)NCCSSCCCC(=S)CC.CCCCCCCCCCCCCC(=S)CCCSSCCNC(=S)NCC. The molecule has 0 heterocycles. The van der Waals surface area contributed by atoms with Gasteiger partial charge in [0.25, 0.3) is 0 Å². The molecule has 0 bridgehead atoms. The molecule has 0 radical (unpaired) electrons. The zero-order valence-electron chi connectivity index (χ0n) is 89.4. The molecule has 0 aliphatic heterocycles. The molecule has 0 fully saturated rings. The van der Waals surface area contributed by atoms with E-state index in [1.165, 1.54) is 353 Å². The van der Waals surface area contributed by atoms with Crippen molar-refractivity contribution >= 4 is 336 Å². The fraction of sp³-hybridized carbons (Fsp3) is 0.885. The Hall–Kier alpha value is 3.28. The van der Waals surface area contributed by atoms with Crippen molar-refractivity contribution in [3.05, 3.63) is 0 Å². The minimum Gasteiger partial charge on any atom is -0.379 e. The summed E-state index contributed by atoms with van der Waals surface area (Å²) in [7, 11) is 25.1. The van der Waals surface area contributed by atoms with Crippen LogP contribution in [0.4, 0.5) is 0 Å². The smallest absolute Gasteiger partial charge is 0.166 e. The average molecular weight is 2370 g/mol. The average Bonchev–Trinajstić information content (AvgIpc) is 1.05. The van der Waals surface area contributed by atoms with Gasteiger partial charge in [0, 0.05) is 135 Å². The molecule has 0 saturated carbocycles. The van der Waals surface area contributed by atoms with E-state index in [0.29, 0.717) is 0 Å². The predicted octanol–water partition coefficient (Wildman–Crippen LogP) is 37.0. The van der Waals surface area contributed by atoms with Crippen LogP contribution < -0.4 is 53.2 Å². The summed E-state index contributed by atoms with van der Waals surface area (Å²) in [6.07, 6.45) is 75.9. The Morgan fingerprint density at radius 3 is 0.565 bits per heavy atom. The predicted molar refractivity (Wildman–Crippen MR) is 717 cm³/mol. The first-order chi connectivity index (χ1) is 67.2. The van der Waals surface area contributed by atoms with E-state index in [4.69, 9.17) is 147 Å². The van der Waals surface area contributed by atoms with Gasteiger partial charge in [-0.3, -0.25) is 0 Å². The molecular weight excluding hydrogens is 2160 g/mol. The quantitative estimate of drug-likeness (QED) is 0.0161. The lowest BCUT2D eigenvalue weighted by molar-refractivity contribution is 0.552. The van der Waals surface area contributed by atoms with Crippen molar-refractivity contribution in [1.29, 1.82) is 0 Å². The third-order valence-electron chi connectivity index (χ3n) is 21.1. The van der Waals surface area contributed by atoms with Crippen molar-refractivity contribution in [3.8, 4) is 0 Å². The van der Waals surface area contributed by atoms with Crippen LogP contribution in [0.25, 0.3) is 0 Å². The van der Waals surface area contributed by atoms with Crippen molar-refractivity contribution in [2.75, 3.05) is 135 Å². The van der Waals surface area contributed by atoms with Crippen molar-refractivity contribution in [2.24, 2.45) is 0 Å². The summed E-state index contributed by atoms with van der Waals surface area (Å²) in [6.45, 7) is 32.5. The fourth-order valence-electron chi connectivity index (χ4n) is 12.7. The van der Waals surface area contributed by atoms with E-state index in [-0.39, 0.29) is 0 Å². The van der Waals surface area contributed by atoms with E-state index in [1.54, 1.807) is 0 Å². The first kappa shape index (κ1) is 152. The number of unbranched alkanes of at least 4 members (excludes halogenated alkanes) is 33. The third-order valence-corrected chi connectivity index (χ3v) is 40.7. The van der Waals surface area contributed by atoms with Crippen molar-refractivity contribution in [1.82, 2.24) is 53.2 Å². The molecule has 0 aromatic carbocycles. The summed E-state index contributed by atoms with van der Waals surface area (Å²) in [5.74, 6) is 13.7. The third kappa shape index (κ3) is 146. The summed E-state index contributed by atoms with van der Waals surface area (Å²) in [4.78, 5) is 9.58. The molecule has 10 nitrogen and oxygen atoms in total. The van der Waals surface area contributed by atoms with Crippen LogP contribution in [0.15, 0.2) is 0 Å². The number of nitrogens with one attached hydrogen (secondary N) is 10. The van der Waals surface area contributed by atoms with E-state index in [2.05, 4.69) is 129 Å². The minimum atomic E-state index is 0.721. The Labute approximate surface area is 967 Å². The van der Waals surface area contributed by atoms with Gasteiger partial charge in [0.1, 0.15) is 0 Å². The van der Waals surface area contributed by atoms with Crippen LogP contribution in [0.5, 0.6) is 0 Å². The molecule has 138 heavy (non-hydrogen) atoms. The maximum atomic E-state index is 5.55. The van der Waals surface area contributed by atoms with E-state index in [1.807, 2.05) is 137 Å². The van der Waals surface area contributed by atoms with Crippen LogP contribution in [0.2, 0.25) is 0 Å². The van der Waals surface area contributed by atoms with Crippen molar-refractivity contribution in [3.63, 3.8) is 0 Å². The Bertz CT molecular complexity index is 2630. The molecule has 34 heteroatoms. The van der Waals surface area contributed by atoms with Gasteiger partial charge in [-0.2, -0.15) is 0 Å². The topological polar surface area (TPSA) is 120 Å². The van der Waals surface area contributed by atoms with Gasteiger partial charge in [0.05, 0.1) is 9.98 Å². The summed E-state index contributed by atoms with van der Waals surface area (Å²) >= 11 is 63.3. The van der Waals surface area contributed by atoms with Gasteiger partial charge >= 0.3 is 0 Å². The standard InChI is InChI=1S/C22H44N2S4.C21H41NS4.C18H36N2S4.C17H33NS4.C16H32N2S4.C10H20N2S4/c1-3-5-6-7-8-9-10-11-12-13-14-16-21(25)17-15-19-27-28-20-18-24-22(26)23-4-2;1-3-5-6-7-8-9-10-11-12-13-16-21(24)22-17-19-26-25-18-14-15-20(23)4-2;1-3-5-6-7-8-9-10-12-17(21)13-11-15-23-24-16-14-20-18(22)19-4-2;1-3-5-6-7-8-9-12-17(20)18-13-15-22-21-14-10-11-16(19)4-2;1-3-5-7-9-15(19)10-8-13-21-22-14-12-18-16(20)17-11-6-4-2;1-3-9(13)5-4-7-15-16-8-6-12-10(14)11-2/h3-20H2,1-2H3,(H2,23,24,26);3-19H2,1-2H3,(H,22,24);3-16H2,1-2H3,(H2,19,20,22);3-15H2,1-2H3,(H,18,20);3-14H2,1-2H3,(H2,17,18,20);3-8H2,1-2H3,(H2,11,12,14). The summed E-state index contributed by atoms with van der Waals surface area (Å²) in [5, 5.41) is 34.9. The molecule has 0 aromatic rings. The Kier molecular flexibility index (Phi) is 150. The Balaban J connectivity index is -0.000000381. The van der Waals surface area contributed by atoms with Gasteiger partial charge in [0.15, 0.2) is 20.4 Å². The molecule has 10 N–H and O–H groups in total. The lowest BCUT2D eigenvalue weighted by Crippen LogP contribution is -2.36. The van der Waals surface area contributed by atoms with Gasteiger partial charge < -0.3 is 53.2 Å². The Morgan fingerprint density at radius 1 is 0.159 bits per heavy atom. The second-order valence-corrected chi connectivity index (χ2v) is 56.5. The molecular formula is C104H206N10S24. The first-order valence-electron chi connectivity index (χ1n) is 54.3. The summed E-state index contributed by atoms with van der Waals surface area (Å²) < 4.78 is 0. The molecule has 0 atom stereocenters. The van der Waals surface area contributed by atoms with Crippen molar-refractivity contribution < 1.29 is 0 Å². The van der Waals surface area contributed by atoms with Crippen LogP contribution in [0.1, 0.15) is 455 Å². The minimum absolute atomic E-state index is 0.721. The first-order valence-corrected chi connectivity index (χ1v) is 74.2.